The molecule has 1 amide bonds. The Kier molecular flexibility index (Phi) is 6.24. The highest BCUT2D eigenvalue weighted by Gasteiger charge is 2.40. The molecule has 0 aromatic carbocycles. The number of nitrogens with one attached hydrogen (secondary N) is 1. The fourth-order valence-corrected chi connectivity index (χ4v) is 3.12. The van der Waals surface area contributed by atoms with Gasteiger partial charge < -0.3 is 11.1 Å². The second-order valence-electron chi connectivity index (χ2n) is 5.97. The van der Waals surface area contributed by atoms with Gasteiger partial charge in [0.15, 0.2) is 0 Å². The Hall–Kier alpha value is -0.640. The summed E-state index contributed by atoms with van der Waals surface area (Å²) in [6.07, 6.45) is 5.95. The summed E-state index contributed by atoms with van der Waals surface area (Å²) < 4.78 is 0. The third-order valence-corrected chi connectivity index (χ3v) is 4.66. The van der Waals surface area contributed by atoms with Crippen LogP contribution in [0, 0.1) is 17.3 Å². The van der Waals surface area contributed by atoms with Gasteiger partial charge in [-0.05, 0) is 37.5 Å². The highest BCUT2D eigenvalue weighted by atomic mass is 32.1. The van der Waals surface area contributed by atoms with Crippen LogP contribution in [-0.2, 0) is 4.79 Å². The van der Waals surface area contributed by atoms with Crippen molar-refractivity contribution in [1.82, 2.24) is 5.32 Å². The highest BCUT2D eigenvalue weighted by Crippen LogP contribution is 2.36. The normalized spacial score (nSPS) is 17.0. The van der Waals surface area contributed by atoms with E-state index in [-0.39, 0.29) is 5.91 Å². The number of nitrogens with two attached hydrogens (primary N) is 1. The smallest absolute Gasteiger partial charge is 0.233 e. The highest BCUT2D eigenvalue weighted by molar-refractivity contribution is 7.80. The van der Waals surface area contributed by atoms with Crippen molar-refractivity contribution in [2.75, 3.05) is 6.54 Å². The molecule has 0 aliphatic heterocycles. The van der Waals surface area contributed by atoms with Crippen LogP contribution in [0.15, 0.2) is 0 Å². The molecule has 0 heterocycles. The quantitative estimate of drug-likeness (QED) is 0.640. The largest absolute Gasteiger partial charge is 0.392 e. The number of carbonyl (C=O) groups is 1. The molecule has 3 nitrogen and oxygen atoms in total. The number of hydrogen-bond acceptors (Lipinski definition) is 2. The zero-order chi connectivity index (χ0) is 14.5. The molecule has 1 atom stereocenters. The molecule has 0 aromatic heterocycles. The number of thiocarbonyl (C=S) groups is 1. The first-order valence-corrected chi connectivity index (χ1v) is 7.97. The molecule has 1 saturated carbocycles. The van der Waals surface area contributed by atoms with E-state index in [2.05, 4.69) is 26.1 Å². The second kappa shape index (κ2) is 7.22. The first-order chi connectivity index (χ1) is 8.97. The van der Waals surface area contributed by atoms with Crippen molar-refractivity contribution in [2.24, 2.45) is 23.0 Å². The molecule has 1 rings (SSSR count). The maximum absolute atomic E-state index is 12.6. The number of hydrogen-bond donors (Lipinski definition) is 2. The van der Waals surface area contributed by atoms with E-state index in [0.29, 0.717) is 10.9 Å². The lowest BCUT2D eigenvalue weighted by atomic mass is 9.78. The predicted octanol–water partition coefficient (Wildman–Crippen LogP) is 3.02. The van der Waals surface area contributed by atoms with E-state index in [1.165, 1.54) is 12.8 Å². The summed E-state index contributed by atoms with van der Waals surface area (Å²) in [4.78, 5) is 12.9. The summed E-state index contributed by atoms with van der Waals surface area (Å²) in [5.74, 6) is 1.41. The molecule has 0 bridgehead atoms. The van der Waals surface area contributed by atoms with Crippen LogP contribution < -0.4 is 11.1 Å². The Morgan fingerprint density at radius 3 is 2.26 bits per heavy atom. The standard InChI is InChI=1S/C15H28N2OS/c1-4-8-15(9-5-2,13(16)19)14(18)17-10-11(3)12-6-7-12/h11-12H,4-10H2,1-3H3,(H2,16,19)(H,17,18). The van der Waals surface area contributed by atoms with Gasteiger partial charge in [-0.2, -0.15) is 0 Å². The van der Waals surface area contributed by atoms with Gasteiger partial charge in [-0.15, -0.1) is 0 Å². The first-order valence-electron chi connectivity index (χ1n) is 7.56. The molecular formula is C15H28N2OS. The van der Waals surface area contributed by atoms with Crippen molar-refractivity contribution in [2.45, 2.75) is 59.3 Å². The third kappa shape index (κ3) is 4.16. The molecule has 110 valence electrons. The van der Waals surface area contributed by atoms with E-state index < -0.39 is 5.41 Å². The Balaban J connectivity index is 2.65. The van der Waals surface area contributed by atoms with Crippen LogP contribution in [-0.4, -0.2) is 17.4 Å². The van der Waals surface area contributed by atoms with Crippen molar-refractivity contribution < 1.29 is 4.79 Å². The lowest BCUT2D eigenvalue weighted by molar-refractivity contribution is -0.128. The molecule has 1 fully saturated rings. The minimum Gasteiger partial charge on any atom is -0.392 e. The SMILES string of the molecule is CCCC(CCC)(C(=O)NCC(C)C1CC1)C(N)=S. The van der Waals surface area contributed by atoms with Crippen LogP contribution in [0.4, 0.5) is 0 Å². The van der Waals surface area contributed by atoms with Gasteiger partial charge in [0.2, 0.25) is 5.91 Å². The molecule has 0 spiro atoms. The van der Waals surface area contributed by atoms with Gasteiger partial charge in [0.25, 0.3) is 0 Å². The maximum Gasteiger partial charge on any atom is 0.233 e. The minimum absolute atomic E-state index is 0.0381. The lowest BCUT2D eigenvalue weighted by Crippen LogP contribution is -2.49. The van der Waals surface area contributed by atoms with Crippen molar-refractivity contribution in [3.63, 3.8) is 0 Å². The van der Waals surface area contributed by atoms with E-state index in [1.807, 2.05) is 0 Å². The number of carbonyl (C=O) groups excluding carboxylic acids is 1. The number of amides is 1. The van der Waals surface area contributed by atoms with Crippen molar-refractivity contribution in [1.29, 1.82) is 0 Å². The van der Waals surface area contributed by atoms with E-state index >= 15 is 0 Å². The van der Waals surface area contributed by atoms with Crippen LogP contribution in [0.3, 0.4) is 0 Å². The van der Waals surface area contributed by atoms with Crippen LogP contribution in [0.5, 0.6) is 0 Å². The van der Waals surface area contributed by atoms with Gasteiger partial charge in [-0.1, -0.05) is 45.8 Å². The Morgan fingerprint density at radius 1 is 1.37 bits per heavy atom. The Labute approximate surface area is 122 Å². The lowest BCUT2D eigenvalue weighted by Gasteiger charge is -2.31. The van der Waals surface area contributed by atoms with E-state index in [0.717, 1.165) is 38.1 Å². The zero-order valence-corrected chi connectivity index (χ0v) is 13.3. The topological polar surface area (TPSA) is 55.1 Å². The van der Waals surface area contributed by atoms with Crippen LogP contribution in [0.2, 0.25) is 0 Å². The van der Waals surface area contributed by atoms with E-state index in [9.17, 15) is 4.79 Å². The molecule has 0 saturated heterocycles. The van der Waals surface area contributed by atoms with Crippen LogP contribution in [0.25, 0.3) is 0 Å². The van der Waals surface area contributed by atoms with Crippen molar-refractivity contribution in [3.8, 4) is 0 Å². The Morgan fingerprint density at radius 2 is 1.89 bits per heavy atom. The van der Waals surface area contributed by atoms with Gasteiger partial charge in [-0.25, -0.2) is 0 Å². The summed E-state index contributed by atoms with van der Waals surface area (Å²) in [7, 11) is 0. The van der Waals surface area contributed by atoms with Gasteiger partial charge in [0.1, 0.15) is 0 Å². The molecular weight excluding hydrogens is 256 g/mol. The van der Waals surface area contributed by atoms with Crippen molar-refractivity contribution >= 4 is 23.1 Å². The summed E-state index contributed by atoms with van der Waals surface area (Å²) in [5.41, 5.74) is 5.26. The molecule has 19 heavy (non-hydrogen) atoms. The van der Waals surface area contributed by atoms with Crippen LogP contribution in [0.1, 0.15) is 59.3 Å². The first kappa shape index (κ1) is 16.4. The molecule has 1 aliphatic carbocycles. The third-order valence-electron chi connectivity index (χ3n) is 4.27. The average Bonchev–Trinajstić information content (AvgIpc) is 3.18. The number of rotatable bonds is 9. The fourth-order valence-electron chi connectivity index (χ4n) is 2.82. The summed E-state index contributed by atoms with van der Waals surface area (Å²) in [6, 6.07) is 0. The maximum atomic E-state index is 12.6. The van der Waals surface area contributed by atoms with Gasteiger partial charge in [0, 0.05) is 6.54 Å². The molecule has 4 heteroatoms. The predicted molar refractivity (Wildman–Crippen MR) is 83.9 cm³/mol. The van der Waals surface area contributed by atoms with E-state index in [1.54, 1.807) is 0 Å². The van der Waals surface area contributed by atoms with Gasteiger partial charge in [0.05, 0.1) is 10.4 Å². The van der Waals surface area contributed by atoms with Crippen molar-refractivity contribution in [3.05, 3.63) is 0 Å². The summed E-state index contributed by atoms with van der Waals surface area (Å²) >= 11 is 5.20. The molecule has 0 radical (unpaired) electrons. The van der Waals surface area contributed by atoms with Gasteiger partial charge >= 0.3 is 0 Å². The molecule has 0 aromatic rings. The molecule has 1 unspecified atom stereocenters. The molecule has 1 aliphatic rings. The summed E-state index contributed by atoms with van der Waals surface area (Å²) in [6.45, 7) is 7.10. The molecule has 3 N–H and O–H groups in total. The zero-order valence-electron chi connectivity index (χ0n) is 12.5. The summed E-state index contributed by atoms with van der Waals surface area (Å²) in [5, 5.41) is 3.09. The minimum atomic E-state index is -0.637. The Bertz CT molecular complexity index is 320. The average molecular weight is 284 g/mol. The van der Waals surface area contributed by atoms with Gasteiger partial charge in [-0.3, -0.25) is 4.79 Å². The monoisotopic (exact) mass is 284 g/mol. The van der Waals surface area contributed by atoms with Crippen LogP contribution >= 0.6 is 12.2 Å². The second-order valence-corrected chi connectivity index (χ2v) is 6.41. The van der Waals surface area contributed by atoms with E-state index in [4.69, 9.17) is 18.0 Å². The fraction of sp³-hybridized carbons (Fsp3) is 0.867.